The highest BCUT2D eigenvalue weighted by Gasteiger charge is 2.14. The zero-order valence-electron chi connectivity index (χ0n) is 11.9. The van der Waals surface area contributed by atoms with E-state index < -0.39 is 0 Å². The minimum Gasteiger partial charge on any atom is -0.383 e. The first-order chi connectivity index (χ1) is 9.67. The van der Waals surface area contributed by atoms with Gasteiger partial charge in [0.15, 0.2) is 0 Å². The topological polar surface area (TPSA) is 64.7 Å². The average molecular weight is 273 g/mol. The van der Waals surface area contributed by atoms with Crippen molar-refractivity contribution < 1.29 is 0 Å². The number of rotatable bonds is 3. The van der Waals surface area contributed by atoms with Gasteiger partial charge in [-0.1, -0.05) is 6.92 Å². The summed E-state index contributed by atoms with van der Waals surface area (Å²) in [5.41, 5.74) is 3.83. The van der Waals surface area contributed by atoms with Crippen LogP contribution >= 0.6 is 0 Å². The van der Waals surface area contributed by atoms with Gasteiger partial charge in [0.05, 0.1) is 29.3 Å². The molecule has 0 saturated heterocycles. The Morgan fingerprint density at radius 2 is 2.20 bits per heavy atom. The summed E-state index contributed by atoms with van der Waals surface area (Å²) in [6.07, 6.45) is 2.88. The predicted molar refractivity (Wildman–Crippen MR) is 77.0 cm³/mol. The van der Waals surface area contributed by atoms with Crippen molar-refractivity contribution in [2.45, 2.75) is 32.7 Å². The molecule has 3 rings (SSSR count). The minimum atomic E-state index is -0.0719. The molecule has 20 heavy (non-hydrogen) atoms. The van der Waals surface area contributed by atoms with Crippen LogP contribution in [0.3, 0.4) is 0 Å². The van der Waals surface area contributed by atoms with Gasteiger partial charge in [-0.3, -0.25) is 9.48 Å². The third-order valence-electron chi connectivity index (χ3n) is 3.68. The maximum atomic E-state index is 12.1. The highest BCUT2D eigenvalue weighted by atomic mass is 16.1. The van der Waals surface area contributed by atoms with Gasteiger partial charge in [-0.15, -0.1) is 0 Å². The second-order valence-corrected chi connectivity index (χ2v) is 5.14. The Morgan fingerprint density at radius 1 is 1.35 bits per heavy atom. The molecule has 0 atom stereocenters. The van der Waals surface area contributed by atoms with Crippen LogP contribution in [0.4, 0.5) is 5.69 Å². The van der Waals surface area contributed by atoms with E-state index in [1.165, 1.54) is 4.68 Å². The summed E-state index contributed by atoms with van der Waals surface area (Å²) in [7, 11) is 1.90. The smallest absolute Gasteiger partial charge is 0.269 e. The summed E-state index contributed by atoms with van der Waals surface area (Å²) in [5.74, 6) is 0. The van der Waals surface area contributed by atoms with E-state index in [1.54, 1.807) is 6.07 Å². The molecule has 0 fully saturated rings. The quantitative estimate of drug-likeness (QED) is 0.904. The molecule has 6 nitrogen and oxygen atoms in total. The molecule has 0 bridgehead atoms. The third-order valence-corrected chi connectivity index (χ3v) is 3.68. The highest BCUT2D eigenvalue weighted by Crippen LogP contribution is 2.16. The second-order valence-electron chi connectivity index (χ2n) is 5.14. The number of nitrogens with one attached hydrogen (secondary N) is 1. The molecular weight excluding hydrogens is 254 g/mol. The van der Waals surface area contributed by atoms with Crippen molar-refractivity contribution in [2.75, 3.05) is 11.9 Å². The molecule has 0 aromatic carbocycles. The van der Waals surface area contributed by atoms with Crippen LogP contribution < -0.4 is 10.9 Å². The van der Waals surface area contributed by atoms with Crippen molar-refractivity contribution in [1.29, 1.82) is 0 Å². The zero-order chi connectivity index (χ0) is 14.1. The van der Waals surface area contributed by atoms with Crippen molar-refractivity contribution in [1.82, 2.24) is 19.6 Å². The summed E-state index contributed by atoms with van der Waals surface area (Å²) in [6, 6.07) is 3.68. The second kappa shape index (κ2) is 5.11. The average Bonchev–Trinajstić information content (AvgIpc) is 2.80. The van der Waals surface area contributed by atoms with Crippen molar-refractivity contribution in [3.8, 4) is 0 Å². The maximum absolute atomic E-state index is 12.1. The Hall–Kier alpha value is -2.11. The van der Waals surface area contributed by atoms with Gasteiger partial charge in [-0.05, 0) is 25.3 Å². The van der Waals surface area contributed by atoms with Crippen LogP contribution in [0.1, 0.15) is 30.4 Å². The number of aryl methyl sites for hydroxylation is 3. The van der Waals surface area contributed by atoms with Crippen LogP contribution in [-0.4, -0.2) is 26.1 Å². The van der Waals surface area contributed by atoms with E-state index in [1.807, 2.05) is 17.8 Å². The van der Waals surface area contributed by atoms with E-state index >= 15 is 0 Å². The molecule has 2 aromatic heterocycles. The predicted octanol–water partition coefficient (Wildman–Crippen LogP) is 0.946. The molecule has 0 aliphatic carbocycles. The summed E-state index contributed by atoms with van der Waals surface area (Å²) in [4.78, 5) is 12.1. The lowest BCUT2D eigenvalue weighted by atomic mass is 10.1. The van der Waals surface area contributed by atoms with Crippen LogP contribution in [0.2, 0.25) is 0 Å². The lowest BCUT2D eigenvalue weighted by Gasteiger charge is -2.17. The summed E-state index contributed by atoms with van der Waals surface area (Å²) < 4.78 is 3.35. The van der Waals surface area contributed by atoms with E-state index in [0.717, 1.165) is 48.6 Å². The van der Waals surface area contributed by atoms with Gasteiger partial charge in [-0.2, -0.15) is 10.2 Å². The SMILES string of the molecule is CCc1cc(Cn2nc3c(cc2=O)NCCC3)n(C)n1. The Kier molecular flexibility index (Phi) is 3.30. The lowest BCUT2D eigenvalue weighted by molar-refractivity contribution is 0.572. The molecule has 6 heteroatoms. The molecule has 1 aliphatic rings. The van der Waals surface area contributed by atoms with Crippen molar-refractivity contribution in [3.63, 3.8) is 0 Å². The van der Waals surface area contributed by atoms with Crippen LogP contribution in [0.5, 0.6) is 0 Å². The summed E-state index contributed by atoms with van der Waals surface area (Å²) in [6.45, 7) is 3.45. The molecule has 0 saturated carbocycles. The van der Waals surface area contributed by atoms with Crippen molar-refractivity contribution >= 4 is 5.69 Å². The first kappa shape index (κ1) is 12.9. The van der Waals surface area contributed by atoms with Crippen LogP contribution in [0.15, 0.2) is 16.9 Å². The molecule has 106 valence electrons. The van der Waals surface area contributed by atoms with Gasteiger partial charge in [0.1, 0.15) is 0 Å². The third kappa shape index (κ3) is 2.33. The highest BCUT2D eigenvalue weighted by molar-refractivity contribution is 5.48. The van der Waals surface area contributed by atoms with E-state index in [4.69, 9.17) is 0 Å². The standard InChI is InChI=1S/C14H19N5O/c1-3-10-7-11(18(2)16-10)9-19-14(20)8-13-12(17-19)5-4-6-15-13/h7-8,15H,3-6,9H2,1-2H3. The molecule has 1 N–H and O–H groups in total. The molecular formula is C14H19N5O. The Morgan fingerprint density at radius 3 is 2.95 bits per heavy atom. The minimum absolute atomic E-state index is 0.0719. The first-order valence-corrected chi connectivity index (χ1v) is 7.04. The normalized spacial score (nSPS) is 13.9. The molecule has 0 spiro atoms. The van der Waals surface area contributed by atoms with Gasteiger partial charge in [-0.25, -0.2) is 4.68 Å². The van der Waals surface area contributed by atoms with E-state index in [2.05, 4.69) is 22.4 Å². The van der Waals surface area contributed by atoms with Crippen molar-refractivity contribution in [2.24, 2.45) is 7.05 Å². The maximum Gasteiger partial charge on any atom is 0.269 e. The van der Waals surface area contributed by atoms with Crippen LogP contribution in [-0.2, 0) is 26.4 Å². The zero-order valence-corrected chi connectivity index (χ0v) is 11.9. The van der Waals surface area contributed by atoms with E-state index in [0.29, 0.717) is 6.54 Å². The van der Waals surface area contributed by atoms with Gasteiger partial charge < -0.3 is 5.32 Å². The van der Waals surface area contributed by atoms with Gasteiger partial charge >= 0.3 is 0 Å². The molecule has 2 aromatic rings. The van der Waals surface area contributed by atoms with Crippen LogP contribution in [0, 0.1) is 0 Å². The van der Waals surface area contributed by atoms with Crippen molar-refractivity contribution in [3.05, 3.63) is 39.6 Å². The largest absolute Gasteiger partial charge is 0.383 e. The fraction of sp³-hybridized carbons (Fsp3) is 0.500. The Balaban J connectivity index is 1.94. The monoisotopic (exact) mass is 273 g/mol. The number of hydrogen-bond acceptors (Lipinski definition) is 4. The molecule has 0 unspecified atom stereocenters. The molecule has 3 heterocycles. The Labute approximate surface area is 117 Å². The molecule has 0 amide bonds. The summed E-state index contributed by atoms with van der Waals surface area (Å²) >= 11 is 0. The number of anilines is 1. The van der Waals surface area contributed by atoms with Gasteiger partial charge in [0, 0.05) is 19.7 Å². The lowest BCUT2D eigenvalue weighted by Crippen LogP contribution is -2.28. The fourth-order valence-corrected chi connectivity index (χ4v) is 2.51. The fourth-order valence-electron chi connectivity index (χ4n) is 2.51. The van der Waals surface area contributed by atoms with Crippen LogP contribution in [0.25, 0.3) is 0 Å². The number of aromatic nitrogens is 4. The van der Waals surface area contributed by atoms with Gasteiger partial charge in [0.2, 0.25) is 0 Å². The summed E-state index contributed by atoms with van der Waals surface area (Å²) in [5, 5.41) is 12.1. The number of fused-ring (bicyclic) bond motifs is 1. The molecule has 1 aliphatic heterocycles. The first-order valence-electron chi connectivity index (χ1n) is 7.04. The van der Waals surface area contributed by atoms with Gasteiger partial charge in [0.25, 0.3) is 5.56 Å². The molecule has 0 radical (unpaired) electrons. The Bertz CT molecular complexity index is 685. The number of hydrogen-bond donors (Lipinski definition) is 1. The number of nitrogens with zero attached hydrogens (tertiary/aromatic N) is 4. The van der Waals surface area contributed by atoms with E-state index in [9.17, 15) is 4.79 Å². The van der Waals surface area contributed by atoms with E-state index in [-0.39, 0.29) is 5.56 Å².